The van der Waals surface area contributed by atoms with Crippen molar-refractivity contribution >= 4 is 54.6 Å². The van der Waals surface area contributed by atoms with Gasteiger partial charge in [0.15, 0.2) is 5.69 Å². The van der Waals surface area contributed by atoms with Crippen molar-refractivity contribution in [2.75, 3.05) is 11.1 Å². The van der Waals surface area contributed by atoms with E-state index in [2.05, 4.69) is 26.3 Å². The van der Waals surface area contributed by atoms with Gasteiger partial charge in [0.25, 0.3) is 5.91 Å². The van der Waals surface area contributed by atoms with Crippen molar-refractivity contribution in [2.24, 2.45) is 0 Å². The van der Waals surface area contributed by atoms with Crippen molar-refractivity contribution in [3.8, 4) is 10.6 Å². The van der Waals surface area contributed by atoms with Gasteiger partial charge < -0.3 is 5.32 Å². The highest BCUT2D eigenvalue weighted by Crippen LogP contribution is 2.31. The Morgan fingerprint density at radius 2 is 1.87 bits per heavy atom. The van der Waals surface area contributed by atoms with Gasteiger partial charge in [-0.2, -0.15) is 0 Å². The molecule has 0 spiro atoms. The minimum absolute atomic E-state index is 0.0334. The van der Waals surface area contributed by atoms with Crippen molar-refractivity contribution < 1.29 is 13.2 Å². The van der Waals surface area contributed by atoms with Crippen LogP contribution in [-0.2, 0) is 9.84 Å². The van der Waals surface area contributed by atoms with Gasteiger partial charge in [0.1, 0.15) is 5.01 Å². The average Bonchev–Trinajstić information content (AvgIpc) is 3.17. The molecule has 1 amide bonds. The molecular formula is C21H17ClN4O3S2. The van der Waals surface area contributed by atoms with E-state index in [1.165, 1.54) is 12.5 Å². The lowest BCUT2D eigenvalue weighted by Gasteiger charge is -2.08. The number of carbonyl (C=O) groups is 1. The largest absolute Gasteiger partial charge is 0.321 e. The topological polar surface area (TPSA) is 102 Å². The number of carbonyl (C=O) groups excluding carboxylic acids is 1. The third kappa shape index (κ3) is 4.43. The number of nitrogens with zero attached hydrogens (tertiary/aromatic N) is 3. The Morgan fingerprint density at radius 1 is 1.13 bits per heavy atom. The van der Waals surface area contributed by atoms with E-state index in [1.54, 1.807) is 23.5 Å². The third-order valence-corrected chi connectivity index (χ3v) is 7.39. The number of halogens is 1. The quantitative estimate of drug-likeness (QED) is 0.420. The summed E-state index contributed by atoms with van der Waals surface area (Å²) in [6, 6.07) is 13.3. The fourth-order valence-electron chi connectivity index (χ4n) is 2.83. The number of anilines is 1. The van der Waals surface area contributed by atoms with Gasteiger partial charge in [-0.3, -0.25) is 4.79 Å². The number of aryl methyl sites for hydroxylation is 1. The second kappa shape index (κ2) is 8.33. The molecule has 0 aliphatic rings. The number of hydrogen-bond acceptors (Lipinski definition) is 7. The molecule has 0 aliphatic heterocycles. The zero-order valence-corrected chi connectivity index (χ0v) is 19.0. The first-order valence-electron chi connectivity index (χ1n) is 9.31. The van der Waals surface area contributed by atoms with Crippen LogP contribution in [0.4, 0.5) is 5.69 Å². The van der Waals surface area contributed by atoms with Gasteiger partial charge in [-0.05, 0) is 48.9 Å². The summed E-state index contributed by atoms with van der Waals surface area (Å²) in [5.74, 6) is -0.800. The number of fused-ring (bicyclic) bond motifs is 1. The van der Waals surface area contributed by atoms with E-state index >= 15 is 0 Å². The van der Waals surface area contributed by atoms with Crippen molar-refractivity contribution in [1.82, 2.24) is 15.0 Å². The van der Waals surface area contributed by atoms with E-state index in [0.29, 0.717) is 5.69 Å². The maximum Gasteiger partial charge on any atom is 0.275 e. The summed E-state index contributed by atoms with van der Waals surface area (Å²) in [5, 5.41) is 3.11. The summed E-state index contributed by atoms with van der Waals surface area (Å²) in [6.45, 7) is 3.52. The lowest BCUT2D eigenvalue weighted by atomic mass is 10.2. The van der Waals surface area contributed by atoms with E-state index < -0.39 is 20.9 Å². The van der Waals surface area contributed by atoms with Crippen LogP contribution < -0.4 is 5.32 Å². The van der Waals surface area contributed by atoms with Crippen LogP contribution in [0.1, 0.15) is 23.0 Å². The number of thiazole rings is 1. The normalized spacial score (nSPS) is 11.6. The van der Waals surface area contributed by atoms with Crippen LogP contribution in [0.3, 0.4) is 0 Å². The predicted octanol–water partition coefficient (Wildman–Crippen LogP) is 4.76. The SMILES string of the molecule is CCS(=O)(=O)c1ncc(Cl)c(C(=O)Nc2ccc(-c3nc4ccc(C)cc4s3)cc2)n1. The minimum Gasteiger partial charge on any atom is -0.321 e. The molecule has 158 valence electrons. The highest BCUT2D eigenvalue weighted by Gasteiger charge is 2.21. The van der Waals surface area contributed by atoms with E-state index in [9.17, 15) is 13.2 Å². The fraction of sp³-hybridized carbons (Fsp3) is 0.143. The van der Waals surface area contributed by atoms with Gasteiger partial charge >= 0.3 is 0 Å². The lowest BCUT2D eigenvalue weighted by Crippen LogP contribution is -2.18. The summed E-state index contributed by atoms with van der Waals surface area (Å²) in [7, 11) is -3.66. The Hall–Kier alpha value is -2.88. The molecule has 0 unspecified atom stereocenters. The van der Waals surface area contributed by atoms with Gasteiger partial charge in [-0.1, -0.05) is 24.6 Å². The van der Waals surface area contributed by atoms with E-state index in [-0.39, 0.29) is 16.5 Å². The van der Waals surface area contributed by atoms with Crippen LogP contribution >= 0.6 is 22.9 Å². The van der Waals surface area contributed by atoms with Gasteiger partial charge in [0.05, 0.1) is 27.2 Å². The molecule has 2 aromatic carbocycles. The van der Waals surface area contributed by atoms with Gasteiger partial charge in [-0.25, -0.2) is 23.4 Å². The minimum atomic E-state index is -3.66. The van der Waals surface area contributed by atoms with Crippen LogP contribution in [0.15, 0.2) is 53.8 Å². The Labute approximate surface area is 188 Å². The second-order valence-electron chi connectivity index (χ2n) is 6.77. The fourth-order valence-corrected chi connectivity index (χ4v) is 4.78. The number of amides is 1. The molecule has 10 heteroatoms. The Kier molecular flexibility index (Phi) is 5.74. The molecule has 0 saturated heterocycles. The van der Waals surface area contributed by atoms with Crippen LogP contribution in [0.25, 0.3) is 20.8 Å². The molecule has 7 nitrogen and oxygen atoms in total. The first kappa shape index (κ1) is 21.4. The molecule has 31 heavy (non-hydrogen) atoms. The summed E-state index contributed by atoms with van der Waals surface area (Å²) >= 11 is 7.62. The molecule has 0 aliphatic carbocycles. The Morgan fingerprint density at radius 3 is 2.58 bits per heavy atom. The van der Waals surface area contributed by atoms with E-state index in [4.69, 9.17) is 11.6 Å². The highest BCUT2D eigenvalue weighted by molar-refractivity contribution is 7.91. The second-order valence-corrected chi connectivity index (χ2v) is 10.4. The van der Waals surface area contributed by atoms with Gasteiger partial charge in [0.2, 0.25) is 15.0 Å². The standard InChI is InChI=1S/C21H17ClN4O3S2/c1-3-31(28,29)21-23-11-15(22)18(26-21)19(27)24-14-7-5-13(6-8-14)20-25-16-9-4-12(2)10-17(16)30-20/h4-11H,3H2,1-2H3,(H,24,27). The molecule has 1 N–H and O–H groups in total. The number of rotatable bonds is 5. The van der Waals surface area contributed by atoms with Crippen LogP contribution in [0, 0.1) is 6.92 Å². The highest BCUT2D eigenvalue weighted by atomic mass is 35.5. The number of nitrogens with one attached hydrogen (secondary N) is 1. The molecular weight excluding hydrogens is 456 g/mol. The number of hydrogen-bond donors (Lipinski definition) is 1. The van der Waals surface area contributed by atoms with Gasteiger partial charge in [-0.15, -0.1) is 11.3 Å². The molecule has 4 rings (SSSR count). The molecule has 4 aromatic rings. The van der Waals surface area contributed by atoms with Crippen molar-refractivity contribution in [1.29, 1.82) is 0 Å². The predicted molar refractivity (Wildman–Crippen MR) is 123 cm³/mol. The maximum atomic E-state index is 12.6. The molecule has 0 fully saturated rings. The van der Waals surface area contributed by atoms with E-state index in [0.717, 1.165) is 27.0 Å². The first-order valence-corrected chi connectivity index (χ1v) is 12.2. The average molecular weight is 473 g/mol. The summed E-state index contributed by atoms with van der Waals surface area (Å²) in [4.78, 5) is 24.8. The first-order chi connectivity index (χ1) is 14.8. The number of aromatic nitrogens is 3. The molecule has 2 aromatic heterocycles. The van der Waals surface area contributed by atoms with Crippen LogP contribution in [0.5, 0.6) is 0 Å². The number of benzene rings is 2. The summed E-state index contributed by atoms with van der Waals surface area (Å²) in [5.41, 5.74) is 3.36. The Balaban J connectivity index is 1.56. The number of sulfone groups is 1. The van der Waals surface area contributed by atoms with E-state index in [1.807, 2.05) is 31.2 Å². The van der Waals surface area contributed by atoms with Crippen molar-refractivity contribution in [3.63, 3.8) is 0 Å². The van der Waals surface area contributed by atoms with Crippen molar-refractivity contribution in [2.45, 2.75) is 19.0 Å². The molecule has 0 radical (unpaired) electrons. The molecule has 0 bridgehead atoms. The zero-order valence-electron chi connectivity index (χ0n) is 16.6. The summed E-state index contributed by atoms with van der Waals surface area (Å²) in [6.07, 6.45) is 1.12. The van der Waals surface area contributed by atoms with Crippen LogP contribution in [-0.4, -0.2) is 35.0 Å². The lowest BCUT2D eigenvalue weighted by molar-refractivity contribution is 0.102. The monoisotopic (exact) mass is 472 g/mol. The molecule has 0 atom stereocenters. The van der Waals surface area contributed by atoms with Gasteiger partial charge in [0, 0.05) is 11.3 Å². The maximum absolute atomic E-state index is 12.6. The summed E-state index contributed by atoms with van der Waals surface area (Å²) < 4.78 is 25.1. The Bertz CT molecular complexity index is 1400. The van der Waals surface area contributed by atoms with Crippen LogP contribution in [0.2, 0.25) is 5.02 Å². The van der Waals surface area contributed by atoms with Crippen molar-refractivity contribution in [3.05, 3.63) is 64.9 Å². The smallest absolute Gasteiger partial charge is 0.275 e. The zero-order chi connectivity index (χ0) is 22.2. The molecule has 0 saturated carbocycles. The molecule has 2 heterocycles. The third-order valence-electron chi connectivity index (χ3n) is 4.53.